The molecule has 5 nitrogen and oxygen atoms in total. The molecule has 94 valence electrons. The normalized spacial score (nSPS) is 22.9. The zero-order valence-electron chi connectivity index (χ0n) is 10.6. The molecular formula is C11H22N2O3. The molecule has 1 N–H and O–H groups in total. The quantitative estimate of drug-likeness (QED) is 0.729. The Labute approximate surface area is 97.0 Å². The van der Waals surface area contributed by atoms with Gasteiger partial charge in [-0.1, -0.05) is 0 Å². The van der Waals surface area contributed by atoms with Gasteiger partial charge in [-0.2, -0.15) is 0 Å². The molecule has 0 saturated carbocycles. The summed E-state index contributed by atoms with van der Waals surface area (Å²) in [5.74, 6) is 0. The zero-order chi connectivity index (χ0) is 12.2. The summed E-state index contributed by atoms with van der Waals surface area (Å²) in [4.78, 5) is 16.5. The highest BCUT2D eigenvalue weighted by Crippen LogP contribution is 2.13. The first kappa shape index (κ1) is 13.3. The summed E-state index contributed by atoms with van der Waals surface area (Å²) in [5.41, 5.74) is -0.505. The zero-order valence-corrected chi connectivity index (χ0v) is 10.6. The minimum atomic E-state index is -0.621. The Kier molecular flexibility index (Phi) is 4.56. The van der Waals surface area contributed by atoms with Crippen molar-refractivity contribution in [2.75, 3.05) is 20.1 Å². The second-order valence-electron chi connectivity index (χ2n) is 5.07. The van der Waals surface area contributed by atoms with Gasteiger partial charge in [-0.15, -0.1) is 5.06 Å². The van der Waals surface area contributed by atoms with E-state index in [4.69, 9.17) is 9.57 Å². The molecule has 0 aromatic heterocycles. The van der Waals surface area contributed by atoms with Crippen molar-refractivity contribution in [3.05, 3.63) is 0 Å². The number of carbonyl (C=O) groups is 1. The molecule has 1 unspecified atom stereocenters. The fourth-order valence-corrected chi connectivity index (χ4v) is 1.64. The van der Waals surface area contributed by atoms with Gasteiger partial charge in [0.2, 0.25) is 0 Å². The van der Waals surface area contributed by atoms with Gasteiger partial charge in [-0.25, -0.2) is 4.79 Å². The minimum absolute atomic E-state index is 0.385. The van der Waals surface area contributed by atoms with Crippen LogP contribution in [-0.2, 0) is 9.57 Å². The van der Waals surface area contributed by atoms with Gasteiger partial charge in [0, 0.05) is 12.6 Å². The van der Waals surface area contributed by atoms with E-state index < -0.39 is 11.8 Å². The molecule has 0 bridgehead atoms. The first-order valence-electron chi connectivity index (χ1n) is 5.74. The van der Waals surface area contributed by atoms with Gasteiger partial charge in [-0.05, 0) is 40.7 Å². The van der Waals surface area contributed by atoms with E-state index in [9.17, 15) is 4.79 Å². The van der Waals surface area contributed by atoms with Crippen molar-refractivity contribution in [2.24, 2.45) is 0 Å². The Morgan fingerprint density at radius 3 is 2.69 bits per heavy atom. The molecule has 1 aliphatic rings. The highest BCUT2D eigenvalue weighted by atomic mass is 16.8. The van der Waals surface area contributed by atoms with E-state index in [0.29, 0.717) is 6.04 Å². The van der Waals surface area contributed by atoms with E-state index in [1.54, 1.807) is 5.06 Å². The molecule has 1 aliphatic heterocycles. The molecule has 0 aromatic rings. The third kappa shape index (κ3) is 4.81. The second-order valence-corrected chi connectivity index (χ2v) is 5.07. The largest absolute Gasteiger partial charge is 0.528 e. The van der Waals surface area contributed by atoms with Crippen LogP contribution in [0.5, 0.6) is 0 Å². The first-order valence-corrected chi connectivity index (χ1v) is 5.74. The molecule has 1 atom stereocenters. The first-order chi connectivity index (χ1) is 7.40. The van der Waals surface area contributed by atoms with Crippen LogP contribution in [0.2, 0.25) is 0 Å². The average Bonchev–Trinajstić information content (AvgIpc) is 2.15. The maximum absolute atomic E-state index is 11.4. The highest BCUT2D eigenvalue weighted by molar-refractivity contribution is 5.60. The van der Waals surface area contributed by atoms with Crippen LogP contribution in [0.1, 0.15) is 33.6 Å². The van der Waals surface area contributed by atoms with Crippen LogP contribution in [0.3, 0.4) is 0 Å². The van der Waals surface area contributed by atoms with Crippen LogP contribution in [0, 0.1) is 0 Å². The van der Waals surface area contributed by atoms with E-state index in [-0.39, 0.29) is 0 Å². The van der Waals surface area contributed by atoms with Crippen molar-refractivity contribution in [2.45, 2.75) is 45.3 Å². The summed E-state index contributed by atoms with van der Waals surface area (Å²) in [6.07, 6.45) is 1.52. The molecule has 0 radical (unpaired) electrons. The van der Waals surface area contributed by atoms with Gasteiger partial charge in [0.05, 0.1) is 6.54 Å². The van der Waals surface area contributed by atoms with Crippen molar-refractivity contribution in [3.63, 3.8) is 0 Å². The second kappa shape index (κ2) is 5.50. The number of carbonyl (C=O) groups excluding carboxylic acids is 1. The van der Waals surface area contributed by atoms with Gasteiger partial charge in [-0.3, -0.25) is 0 Å². The fraction of sp³-hybridized carbons (Fsp3) is 0.909. The summed E-state index contributed by atoms with van der Waals surface area (Å²) in [6, 6.07) is 0.385. The van der Waals surface area contributed by atoms with Gasteiger partial charge in [0.25, 0.3) is 0 Å². The lowest BCUT2D eigenvalue weighted by Crippen LogP contribution is -2.45. The molecule has 1 fully saturated rings. The number of rotatable bonds is 2. The predicted molar refractivity (Wildman–Crippen MR) is 61.0 cm³/mol. The molecule has 0 spiro atoms. The summed E-state index contributed by atoms with van der Waals surface area (Å²) in [7, 11) is 1.92. The summed E-state index contributed by atoms with van der Waals surface area (Å²) >= 11 is 0. The molecule has 5 heteroatoms. The molecule has 0 aliphatic carbocycles. The van der Waals surface area contributed by atoms with Crippen LogP contribution in [-0.4, -0.2) is 43.0 Å². The molecule has 0 aromatic carbocycles. The number of piperidine rings is 1. The smallest absolute Gasteiger partial charge is 0.427 e. The Hall–Kier alpha value is -0.810. The minimum Gasteiger partial charge on any atom is -0.427 e. The molecule has 1 heterocycles. The van der Waals surface area contributed by atoms with Crippen molar-refractivity contribution in [1.29, 1.82) is 0 Å². The van der Waals surface area contributed by atoms with Crippen LogP contribution in [0.25, 0.3) is 0 Å². The van der Waals surface area contributed by atoms with Crippen LogP contribution in [0.4, 0.5) is 4.79 Å². The van der Waals surface area contributed by atoms with Gasteiger partial charge in [0.15, 0.2) is 0 Å². The summed E-state index contributed by atoms with van der Waals surface area (Å²) < 4.78 is 5.09. The molecular weight excluding hydrogens is 208 g/mol. The van der Waals surface area contributed by atoms with Gasteiger partial charge in [0.1, 0.15) is 5.60 Å². The molecule has 16 heavy (non-hydrogen) atoms. The number of nitrogens with zero attached hydrogens (tertiary/aromatic N) is 1. The lowest BCUT2D eigenvalue weighted by atomic mass is 10.1. The standard InChI is InChI=1S/C11H22N2O3/c1-11(2,3)15-10(14)16-13-7-5-6-9(8-13)12-4/h9,12H,5-8H2,1-4H3. The van der Waals surface area contributed by atoms with Gasteiger partial charge >= 0.3 is 6.16 Å². The lowest BCUT2D eigenvalue weighted by molar-refractivity contribution is -0.154. The summed E-state index contributed by atoms with van der Waals surface area (Å²) in [5, 5.41) is 4.85. The van der Waals surface area contributed by atoms with Crippen molar-refractivity contribution in [3.8, 4) is 0 Å². The van der Waals surface area contributed by atoms with Crippen LogP contribution >= 0.6 is 0 Å². The van der Waals surface area contributed by atoms with Crippen molar-refractivity contribution >= 4 is 6.16 Å². The van der Waals surface area contributed by atoms with E-state index in [2.05, 4.69) is 5.32 Å². The third-order valence-corrected chi connectivity index (χ3v) is 2.39. The topological polar surface area (TPSA) is 50.8 Å². The van der Waals surface area contributed by atoms with Gasteiger partial charge < -0.3 is 14.9 Å². The van der Waals surface area contributed by atoms with E-state index >= 15 is 0 Å². The molecule has 0 amide bonds. The number of likely N-dealkylation sites (N-methyl/N-ethyl adjacent to an activating group) is 1. The maximum Gasteiger partial charge on any atom is 0.528 e. The molecule has 1 rings (SSSR count). The fourth-order valence-electron chi connectivity index (χ4n) is 1.64. The highest BCUT2D eigenvalue weighted by Gasteiger charge is 2.24. The van der Waals surface area contributed by atoms with Crippen LogP contribution in [0.15, 0.2) is 0 Å². The number of hydroxylamine groups is 2. The number of hydrogen-bond donors (Lipinski definition) is 1. The summed E-state index contributed by atoms with van der Waals surface area (Å²) in [6.45, 7) is 6.95. The maximum atomic E-state index is 11.4. The van der Waals surface area contributed by atoms with Crippen molar-refractivity contribution in [1.82, 2.24) is 10.4 Å². The number of nitrogens with one attached hydrogen (secondary N) is 1. The monoisotopic (exact) mass is 230 g/mol. The van der Waals surface area contributed by atoms with Crippen LogP contribution < -0.4 is 5.32 Å². The Morgan fingerprint density at radius 2 is 2.12 bits per heavy atom. The van der Waals surface area contributed by atoms with E-state index in [1.165, 1.54) is 0 Å². The van der Waals surface area contributed by atoms with Crippen molar-refractivity contribution < 1.29 is 14.4 Å². The molecule has 1 saturated heterocycles. The van der Waals surface area contributed by atoms with E-state index in [0.717, 1.165) is 25.9 Å². The Balaban J connectivity index is 2.33. The predicted octanol–water partition coefficient (Wildman–Crippen LogP) is 1.54. The SMILES string of the molecule is CNC1CCCN(OC(=O)OC(C)(C)C)C1. The number of ether oxygens (including phenoxy) is 1. The Morgan fingerprint density at radius 1 is 1.44 bits per heavy atom. The van der Waals surface area contributed by atoms with E-state index in [1.807, 2.05) is 27.8 Å². The average molecular weight is 230 g/mol. The lowest BCUT2D eigenvalue weighted by Gasteiger charge is -2.31. The Bertz CT molecular complexity index is 238. The third-order valence-electron chi connectivity index (χ3n) is 2.39. The number of hydrogen-bond acceptors (Lipinski definition) is 5.